The van der Waals surface area contributed by atoms with Crippen molar-refractivity contribution in [2.24, 2.45) is 5.73 Å². The summed E-state index contributed by atoms with van der Waals surface area (Å²) >= 11 is 11.9. The highest BCUT2D eigenvalue weighted by molar-refractivity contribution is 7.89. The summed E-state index contributed by atoms with van der Waals surface area (Å²) < 4.78 is 183. The second kappa shape index (κ2) is 22.6. The summed E-state index contributed by atoms with van der Waals surface area (Å²) in [5.41, 5.74) is 4.97. The molecule has 0 amide bonds. The van der Waals surface area contributed by atoms with E-state index in [1.165, 1.54) is 21.6 Å². The molecule has 4 aromatic heterocycles. The Kier molecular flexibility index (Phi) is 17.4. The number of alkyl halides is 8. The average molecular weight is 1120 g/mol. The molecular formula is C43H37Cl2F10N9O7S2. The van der Waals surface area contributed by atoms with Crippen LogP contribution in [0.5, 0.6) is 0 Å². The van der Waals surface area contributed by atoms with E-state index in [1.807, 2.05) is 0 Å². The van der Waals surface area contributed by atoms with Gasteiger partial charge in [-0.2, -0.15) is 45.2 Å². The number of benzene rings is 2. The zero-order chi connectivity index (χ0) is 53.8. The number of aliphatic carboxylic acids is 1. The van der Waals surface area contributed by atoms with Crippen molar-refractivity contribution in [1.82, 2.24) is 38.1 Å². The van der Waals surface area contributed by atoms with Crippen LogP contribution in [0.25, 0.3) is 11.4 Å². The van der Waals surface area contributed by atoms with Crippen LogP contribution >= 0.6 is 23.2 Å². The van der Waals surface area contributed by atoms with Crippen molar-refractivity contribution in [1.29, 1.82) is 0 Å². The minimum atomic E-state index is -4.59. The van der Waals surface area contributed by atoms with Crippen molar-refractivity contribution in [3.63, 3.8) is 0 Å². The molecule has 392 valence electrons. The summed E-state index contributed by atoms with van der Waals surface area (Å²) in [5, 5.41) is 17.1. The molecule has 6 heterocycles. The Bertz CT molecular complexity index is 3130. The molecule has 0 saturated carbocycles. The fraction of sp³-hybridized carbons (Fsp3) is 0.302. The second-order valence-corrected chi connectivity index (χ2v) is 20.3. The molecule has 4 atom stereocenters. The van der Waals surface area contributed by atoms with Crippen molar-refractivity contribution in [3.05, 3.63) is 142 Å². The minimum Gasteiger partial charge on any atom is -0.480 e. The zero-order valence-corrected chi connectivity index (χ0v) is 40.0. The number of halogens is 12. The van der Waals surface area contributed by atoms with Gasteiger partial charge in [-0.1, -0.05) is 23.2 Å². The Balaban J connectivity index is 0.000000197. The van der Waals surface area contributed by atoms with E-state index in [4.69, 9.17) is 34.0 Å². The molecule has 0 aliphatic carbocycles. The van der Waals surface area contributed by atoms with E-state index in [-0.39, 0.29) is 58.0 Å². The van der Waals surface area contributed by atoms with Gasteiger partial charge < -0.3 is 10.8 Å². The number of sulfonamides is 2. The number of nitrogens with zero attached hydrogens (tertiary/aromatic N) is 8. The normalized spacial score (nSPS) is 18.7. The number of aryl methyl sites for hydroxylation is 1. The summed E-state index contributed by atoms with van der Waals surface area (Å²) in [6.45, 7) is -0.806. The lowest BCUT2D eigenvalue weighted by Crippen LogP contribution is -2.40. The van der Waals surface area contributed by atoms with E-state index in [1.54, 1.807) is 6.20 Å². The predicted octanol–water partition coefficient (Wildman–Crippen LogP) is 7.79. The molecule has 8 rings (SSSR count). The van der Waals surface area contributed by atoms with E-state index in [0.29, 0.717) is 21.1 Å². The third-order valence-electron chi connectivity index (χ3n) is 10.9. The number of pyridine rings is 2. The first-order chi connectivity index (χ1) is 34.1. The van der Waals surface area contributed by atoms with E-state index >= 15 is 0 Å². The molecule has 2 aliphatic rings. The molecule has 30 heteroatoms. The summed E-state index contributed by atoms with van der Waals surface area (Å²) in [4.78, 5) is 30.0. The first-order valence-corrected chi connectivity index (χ1v) is 24.6. The van der Waals surface area contributed by atoms with Crippen LogP contribution in [0, 0.1) is 11.6 Å². The minimum absolute atomic E-state index is 0.00622. The molecule has 16 nitrogen and oxygen atoms in total. The number of ketones is 1. The Morgan fingerprint density at radius 3 is 1.41 bits per heavy atom. The van der Waals surface area contributed by atoms with Gasteiger partial charge in [0, 0.05) is 62.4 Å². The highest BCUT2D eigenvalue weighted by Gasteiger charge is 2.45. The van der Waals surface area contributed by atoms with Gasteiger partial charge in [-0.3, -0.25) is 9.59 Å². The zero-order valence-electron chi connectivity index (χ0n) is 36.9. The second-order valence-electron chi connectivity index (χ2n) is 15.8. The number of Topliss-reactive ketones (excluding diaryl/α,β-unsaturated/α-hetero) is 1. The predicted molar refractivity (Wildman–Crippen MR) is 239 cm³/mol. The number of carbonyl (C=O) groups excluding carboxylic acids is 1. The third-order valence-corrected chi connectivity index (χ3v) is 15.3. The van der Waals surface area contributed by atoms with E-state index in [2.05, 4.69) is 20.2 Å². The summed E-state index contributed by atoms with van der Waals surface area (Å²) in [7, 11) is -8.38. The number of hydrogen-bond donors (Lipinski definition) is 2. The molecule has 2 aliphatic heterocycles. The molecule has 2 saturated heterocycles. The molecular weight excluding hydrogens is 1080 g/mol. The molecule has 3 N–H and O–H groups in total. The topological polar surface area (TPSA) is 217 Å². The van der Waals surface area contributed by atoms with Gasteiger partial charge in [0.15, 0.2) is 16.1 Å². The molecule has 6 aromatic rings. The number of nitrogens with two attached hydrogens (primary N) is 1. The van der Waals surface area contributed by atoms with Crippen molar-refractivity contribution < 1.29 is 75.4 Å². The van der Waals surface area contributed by atoms with E-state index < -0.39 is 105 Å². The van der Waals surface area contributed by atoms with Crippen LogP contribution in [0.4, 0.5) is 43.9 Å². The lowest BCUT2D eigenvalue weighted by Gasteiger charge is -2.22. The number of carboxylic acid groups (broad SMARTS) is 1. The molecule has 0 unspecified atom stereocenters. The summed E-state index contributed by atoms with van der Waals surface area (Å²) in [5.74, 6) is -3.19. The smallest absolute Gasteiger partial charge is 0.433 e. The quantitative estimate of drug-likeness (QED) is 0.112. The molecule has 2 aromatic carbocycles. The molecule has 0 radical (unpaired) electrons. The number of carbonyl (C=O) groups is 2. The van der Waals surface area contributed by atoms with Crippen molar-refractivity contribution in [3.8, 4) is 11.4 Å². The Morgan fingerprint density at radius 1 is 0.644 bits per heavy atom. The van der Waals surface area contributed by atoms with Gasteiger partial charge in [-0.15, -0.1) is 0 Å². The third kappa shape index (κ3) is 13.6. The van der Waals surface area contributed by atoms with Gasteiger partial charge in [0.05, 0.1) is 39.6 Å². The fourth-order valence-electron chi connectivity index (χ4n) is 7.19. The van der Waals surface area contributed by atoms with E-state index in [9.17, 15) is 70.3 Å². The highest BCUT2D eigenvalue weighted by Crippen LogP contribution is 2.33. The van der Waals surface area contributed by atoms with E-state index in [0.717, 1.165) is 83.4 Å². The maximum absolute atomic E-state index is 14.2. The first kappa shape index (κ1) is 56.3. The Hall–Kier alpha value is -6.04. The summed E-state index contributed by atoms with van der Waals surface area (Å²) in [6.07, 6.45) is -7.96. The molecule has 0 spiro atoms. The van der Waals surface area contributed by atoms with Crippen LogP contribution in [-0.2, 0) is 55.0 Å². The van der Waals surface area contributed by atoms with Gasteiger partial charge in [0.1, 0.15) is 41.4 Å². The number of hydrogen-bond acceptors (Lipinski definition) is 11. The standard InChI is InChI=1S/C22H18ClF5N4O3S.C11H11F2NO4S.C10H8ClF3N4/c23-21-13(11-31(30-21)16-4-8-20(29-10-16)22(26,27)28)1-7-19(33)18-9-15(25)12-32(18)36(34,35)17-5-2-14(24)3-6-17;12-7-1-3-9(4-2-7)19(17,18)14-6-8(13)5-10(14)11(15)16;11-9-6(3-15)5-18(17-9)7-1-2-8(16-4-7)10(12,13)14/h2-6,8,10-11,15,18H,1,7,9,12H2;1-4,8,10H,5-6H2,(H,15,16);1-2,4-5H,3,15H2/t15-,18+;8-,10+;/m11./s1. The largest absolute Gasteiger partial charge is 0.480 e. The van der Waals surface area contributed by atoms with Crippen LogP contribution in [0.2, 0.25) is 10.3 Å². The van der Waals surface area contributed by atoms with Gasteiger partial charge in [0.25, 0.3) is 0 Å². The Labute approximate surface area is 418 Å². The molecule has 2 fully saturated rings. The van der Waals surface area contributed by atoms with Crippen molar-refractivity contribution in [2.75, 3.05) is 13.1 Å². The first-order valence-electron chi connectivity index (χ1n) is 20.9. The number of rotatable bonds is 12. The number of aromatic nitrogens is 6. The van der Waals surface area contributed by atoms with Crippen molar-refractivity contribution >= 4 is 55.0 Å². The fourth-order valence-corrected chi connectivity index (χ4v) is 10.9. The van der Waals surface area contributed by atoms with Gasteiger partial charge in [-0.25, -0.2) is 53.7 Å². The van der Waals surface area contributed by atoms with Gasteiger partial charge in [-0.05, 0) is 79.2 Å². The van der Waals surface area contributed by atoms with Crippen molar-refractivity contribution in [2.45, 2.75) is 78.8 Å². The average Bonchev–Trinajstić information content (AvgIpc) is 4.13. The van der Waals surface area contributed by atoms with Crippen LogP contribution in [0.15, 0.2) is 107 Å². The monoisotopic (exact) mass is 1120 g/mol. The van der Waals surface area contributed by atoms with Gasteiger partial charge >= 0.3 is 18.3 Å². The maximum atomic E-state index is 14.2. The van der Waals surface area contributed by atoms with Crippen LogP contribution < -0.4 is 5.73 Å². The van der Waals surface area contributed by atoms with Crippen LogP contribution in [-0.4, -0.2) is 109 Å². The van der Waals surface area contributed by atoms with Crippen LogP contribution in [0.1, 0.15) is 41.8 Å². The number of carboxylic acids is 1. The summed E-state index contributed by atoms with van der Waals surface area (Å²) in [6, 6.07) is 9.37. The highest BCUT2D eigenvalue weighted by atomic mass is 35.5. The Morgan fingerprint density at radius 2 is 1.04 bits per heavy atom. The SMILES string of the molecule is NCc1cn(-c2ccc(C(F)(F)F)nc2)nc1Cl.O=C(CCc1cn(-c2ccc(C(F)(F)F)nc2)nc1Cl)[C@@H]1C[C@@H](F)CN1S(=O)(=O)c1ccc(F)cc1.O=C(O)[C@@H]1C[C@@H](F)CN1S(=O)(=O)c1ccc(F)cc1. The lowest BCUT2D eigenvalue weighted by molar-refractivity contribution is -0.141. The van der Waals surface area contributed by atoms with Crippen LogP contribution in [0.3, 0.4) is 0 Å². The van der Waals surface area contributed by atoms with Gasteiger partial charge in [0.2, 0.25) is 20.0 Å². The lowest BCUT2D eigenvalue weighted by atomic mass is 10.0. The molecule has 0 bridgehead atoms. The maximum Gasteiger partial charge on any atom is 0.433 e. The molecule has 73 heavy (non-hydrogen) atoms.